The number of nitrogens with one attached hydrogen (secondary N) is 1. The first kappa shape index (κ1) is 16.4. The van der Waals surface area contributed by atoms with Crippen molar-refractivity contribution in [2.75, 3.05) is 19.8 Å². The van der Waals surface area contributed by atoms with Crippen LogP contribution in [-0.2, 0) is 4.74 Å². The predicted octanol–water partition coefficient (Wildman–Crippen LogP) is 3.07. The zero-order valence-electron chi connectivity index (χ0n) is 12.1. The molecule has 1 saturated carbocycles. The number of hydrogen-bond acceptors (Lipinski definition) is 2. The molecule has 21 heavy (non-hydrogen) atoms. The van der Waals surface area contributed by atoms with Gasteiger partial charge < -0.3 is 15.0 Å². The SMILES string of the molecule is O=C(NC1CCCCC1)N(CC(F)(F)F)C1CCOCC1. The molecule has 2 aliphatic rings. The molecule has 0 aromatic heterocycles. The van der Waals surface area contributed by atoms with E-state index in [-0.39, 0.29) is 12.1 Å². The molecule has 7 heteroatoms. The van der Waals surface area contributed by atoms with Gasteiger partial charge in [0.15, 0.2) is 0 Å². The third-order valence-electron chi connectivity index (χ3n) is 4.17. The number of halogens is 3. The summed E-state index contributed by atoms with van der Waals surface area (Å²) in [6.45, 7) is -0.359. The van der Waals surface area contributed by atoms with Crippen molar-refractivity contribution in [1.29, 1.82) is 0 Å². The van der Waals surface area contributed by atoms with E-state index in [0.29, 0.717) is 26.1 Å². The van der Waals surface area contributed by atoms with Crippen molar-refractivity contribution in [3.63, 3.8) is 0 Å². The summed E-state index contributed by atoms with van der Waals surface area (Å²) in [6, 6.07) is -0.947. The third-order valence-corrected chi connectivity index (χ3v) is 4.17. The number of carbonyl (C=O) groups is 1. The molecule has 0 bridgehead atoms. The minimum absolute atomic E-state index is 0.0156. The Hall–Kier alpha value is -0.980. The quantitative estimate of drug-likeness (QED) is 0.870. The van der Waals surface area contributed by atoms with E-state index in [9.17, 15) is 18.0 Å². The summed E-state index contributed by atoms with van der Waals surface area (Å²) in [4.78, 5) is 13.2. The van der Waals surface area contributed by atoms with Gasteiger partial charge in [0.1, 0.15) is 6.54 Å². The molecule has 0 unspecified atom stereocenters. The van der Waals surface area contributed by atoms with E-state index in [1.165, 1.54) is 0 Å². The summed E-state index contributed by atoms with van der Waals surface area (Å²) in [5, 5.41) is 2.79. The van der Waals surface area contributed by atoms with Gasteiger partial charge in [0, 0.05) is 25.3 Å². The number of ether oxygens (including phenoxy) is 1. The van der Waals surface area contributed by atoms with E-state index in [0.717, 1.165) is 37.0 Å². The first-order valence-electron chi connectivity index (χ1n) is 7.67. The lowest BCUT2D eigenvalue weighted by Gasteiger charge is -2.36. The molecule has 4 nitrogen and oxygen atoms in total. The van der Waals surface area contributed by atoms with Crippen molar-refractivity contribution in [3.8, 4) is 0 Å². The molecule has 1 aliphatic heterocycles. The summed E-state index contributed by atoms with van der Waals surface area (Å²) in [6.07, 6.45) is 1.48. The van der Waals surface area contributed by atoms with E-state index >= 15 is 0 Å². The highest BCUT2D eigenvalue weighted by molar-refractivity contribution is 5.75. The van der Waals surface area contributed by atoms with Crippen LogP contribution >= 0.6 is 0 Å². The lowest BCUT2D eigenvalue weighted by molar-refractivity contribution is -0.146. The number of alkyl halides is 3. The van der Waals surface area contributed by atoms with Gasteiger partial charge in [0.05, 0.1) is 0 Å². The normalized spacial score (nSPS) is 22.0. The molecule has 1 heterocycles. The van der Waals surface area contributed by atoms with Crippen LogP contribution in [0.2, 0.25) is 0 Å². The van der Waals surface area contributed by atoms with Crippen molar-refractivity contribution in [1.82, 2.24) is 10.2 Å². The Bertz CT molecular complexity index is 338. The number of rotatable bonds is 3. The van der Waals surface area contributed by atoms with Crippen LogP contribution in [0.4, 0.5) is 18.0 Å². The summed E-state index contributed by atoms with van der Waals surface area (Å²) in [7, 11) is 0. The first-order chi connectivity index (χ1) is 9.96. The van der Waals surface area contributed by atoms with Gasteiger partial charge in [-0.1, -0.05) is 19.3 Å². The van der Waals surface area contributed by atoms with Crippen LogP contribution in [0.5, 0.6) is 0 Å². The average Bonchev–Trinajstić information content (AvgIpc) is 2.46. The highest BCUT2D eigenvalue weighted by Gasteiger charge is 2.37. The molecule has 0 radical (unpaired) electrons. The molecule has 2 rings (SSSR count). The average molecular weight is 308 g/mol. The van der Waals surface area contributed by atoms with Gasteiger partial charge in [-0.15, -0.1) is 0 Å². The van der Waals surface area contributed by atoms with Crippen molar-refractivity contribution < 1.29 is 22.7 Å². The molecule has 1 saturated heterocycles. The molecule has 1 N–H and O–H groups in total. The van der Waals surface area contributed by atoms with E-state index in [1.54, 1.807) is 0 Å². The Morgan fingerprint density at radius 3 is 2.29 bits per heavy atom. The number of urea groups is 1. The largest absolute Gasteiger partial charge is 0.406 e. The molecule has 2 amide bonds. The van der Waals surface area contributed by atoms with Crippen LogP contribution in [0, 0.1) is 0 Å². The standard InChI is InChI=1S/C14H23F3N2O2/c15-14(16,17)10-19(12-6-8-21-9-7-12)13(20)18-11-4-2-1-3-5-11/h11-12H,1-10H2,(H,18,20). The van der Waals surface area contributed by atoms with Gasteiger partial charge in [-0.3, -0.25) is 0 Å². The molecule has 122 valence electrons. The van der Waals surface area contributed by atoms with Gasteiger partial charge in [0.25, 0.3) is 0 Å². The molecule has 0 aromatic carbocycles. The molecular weight excluding hydrogens is 285 g/mol. The van der Waals surface area contributed by atoms with E-state index in [4.69, 9.17) is 4.74 Å². The zero-order valence-corrected chi connectivity index (χ0v) is 12.1. The van der Waals surface area contributed by atoms with Crippen molar-refractivity contribution in [2.24, 2.45) is 0 Å². The molecule has 2 fully saturated rings. The minimum atomic E-state index is -4.37. The lowest BCUT2D eigenvalue weighted by Crippen LogP contribution is -2.53. The van der Waals surface area contributed by atoms with Crippen molar-refractivity contribution in [2.45, 2.75) is 63.2 Å². The highest BCUT2D eigenvalue weighted by Crippen LogP contribution is 2.23. The second-order valence-corrected chi connectivity index (χ2v) is 5.87. The van der Waals surface area contributed by atoms with Gasteiger partial charge in [0.2, 0.25) is 0 Å². The monoisotopic (exact) mass is 308 g/mol. The Labute approximate surface area is 123 Å². The van der Waals surface area contributed by atoms with Gasteiger partial charge in [-0.05, 0) is 25.7 Å². The maximum atomic E-state index is 12.7. The Kier molecular flexibility index (Phi) is 5.72. The fourth-order valence-corrected chi connectivity index (χ4v) is 3.06. The lowest BCUT2D eigenvalue weighted by atomic mass is 9.95. The van der Waals surface area contributed by atoms with E-state index in [2.05, 4.69) is 5.32 Å². The van der Waals surface area contributed by atoms with Gasteiger partial charge >= 0.3 is 12.2 Å². The number of amides is 2. The minimum Gasteiger partial charge on any atom is -0.381 e. The number of nitrogens with zero attached hydrogens (tertiary/aromatic N) is 1. The summed E-state index contributed by atoms with van der Waals surface area (Å²) in [5.41, 5.74) is 0. The summed E-state index contributed by atoms with van der Waals surface area (Å²) in [5.74, 6) is 0. The van der Waals surface area contributed by atoms with Crippen LogP contribution in [-0.4, -0.2) is 48.9 Å². The first-order valence-corrected chi connectivity index (χ1v) is 7.67. The van der Waals surface area contributed by atoms with Crippen LogP contribution < -0.4 is 5.32 Å². The van der Waals surface area contributed by atoms with Crippen LogP contribution in [0.25, 0.3) is 0 Å². The Balaban J connectivity index is 1.96. The van der Waals surface area contributed by atoms with Gasteiger partial charge in [-0.2, -0.15) is 13.2 Å². The smallest absolute Gasteiger partial charge is 0.381 e. The predicted molar refractivity (Wildman–Crippen MR) is 72.0 cm³/mol. The third kappa shape index (κ3) is 5.37. The summed E-state index contributed by atoms with van der Waals surface area (Å²) >= 11 is 0. The second kappa shape index (κ2) is 7.33. The topological polar surface area (TPSA) is 41.6 Å². The Morgan fingerprint density at radius 1 is 1.10 bits per heavy atom. The molecule has 0 atom stereocenters. The van der Waals surface area contributed by atoms with Crippen molar-refractivity contribution >= 4 is 6.03 Å². The van der Waals surface area contributed by atoms with E-state index in [1.807, 2.05) is 0 Å². The molecule has 0 spiro atoms. The van der Waals surface area contributed by atoms with Crippen LogP contribution in [0.3, 0.4) is 0 Å². The van der Waals surface area contributed by atoms with Gasteiger partial charge in [-0.25, -0.2) is 4.79 Å². The number of hydrogen-bond donors (Lipinski definition) is 1. The maximum absolute atomic E-state index is 12.7. The second-order valence-electron chi connectivity index (χ2n) is 5.87. The summed E-state index contributed by atoms with van der Waals surface area (Å²) < 4.78 is 43.4. The molecular formula is C14H23F3N2O2. The highest BCUT2D eigenvalue weighted by atomic mass is 19.4. The zero-order chi connectivity index (χ0) is 15.3. The number of carbonyl (C=O) groups excluding carboxylic acids is 1. The van der Waals surface area contributed by atoms with Crippen LogP contribution in [0.1, 0.15) is 44.9 Å². The van der Waals surface area contributed by atoms with E-state index < -0.39 is 18.8 Å². The van der Waals surface area contributed by atoms with Crippen molar-refractivity contribution in [3.05, 3.63) is 0 Å². The Morgan fingerprint density at radius 2 is 1.71 bits per heavy atom. The maximum Gasteiger partial charge on any atom is 0.406 e. The van der Waals surface area contributed by atoms with Crippen LogP contribution in [0.15, 0.2) is 0 Å². The fourth-order valence-electron chi connectivity index (χ4n) is 3.06. The molecule has 1 aliphatic carbocycles. The fraction of sp³-hybridized carbons (Fsp3) is 0.929. The molecule has 0 aromatic rings.